The van der Waals surface area contributed by atoms with Crippen LogP contribution < -0.4 is 5.32 Å². The standard InChI is InChI=1S/C15H29NO/c1-15(2,3)13-6-4-12(5-7-13)10-16-14-8-9-17-11-14/h12-14,16H,4-11H2,1-3H3. The van der Waals surface area contributed by atoms with Gasteiger partial charge in [0.15, 0.2) is 0 Å². The molecule has 0 radical (unpaired) electrons. The van der Waals surface area contributed by atoms with Crippen molar-refractivity contribution in [3.05, 3.63) is 0 Å². The molecular weight excluding hydrogens is 210 g/mol. The van der Waals surface area contributed by atoms with Crippen molar-refractivity contribution in [3.63, 3.8) is 0 Å². The van der Waals surface area contributed by atoms with Crippen molar-refractivity contribution in [2.24, 2.45) is 17.3 Å². The molecular formula is C15H29NO. The van der Waals surface area contributed by atoms with E-state index in [0.717, 1.165) is 25.0 Å². The molecule has 2 aliphatic rings. The van der Waals surface area contributed by atoms with Crippen LogP contribution in [0.1, 0.15) is 52.9 Å². The minimum atomic E-state index is 0.512. The first-order valence-corrected chi connectivity index (χ1v) is 7.37. The third kappa shape index (κ3) is 3.96. The van der Waals surface area contributed by atoms with Crippen molar-refractivity contribution in [1.29, 1.82) is 0 Å². The zero-order chi connectivity index (χ0) is 12.3. The summed E-state index contributed by atoms with van der Waals surface area (Å²) in [6, 6.07) is 0.635. The highest BCUT2D eigenvalue weighted by molar-refractivity contribution is 4.82. The Kier molecular flexibility index (Phi) is 4.48. The van der Waals surface area contributed by atoms with Gasteiger partial charge in [0.25, 0.3) is 0 Å². The molecule has 17 heavy (non-hydrogen) atoms. The largest absolute Gasteiger partial charge is 0.380 e. The molecule has 1 heterocycles. The van der Waals surface area contributed by atoms with Gasteiger partial charge in [0.05, 0.1) is 6.61 Å². The second kappa shape index (κ2) is 5.71. The van der Waals surface area contributed by atoms with Crippen molar-refractivity contribution in [2.75, 3.05) is 19.8 Å². The number of hydrogen-bond acceptors (Lipinski definition) is 2. The maximum atomic E-state index is 5.40. The van der Waals surface area contributed by atoms with E-state index in [-0.39, 0.29) is 0 Å². The number of rotatable bonds is 3. The SMILES string of the molecule is CC(C)(C)C1CCC(CNC2CCOC2)CC1. The number of ether oxygens (including phenoxy) is 1. The van der Waals surface area contributed by atoms with Crippen molar-refractivity contribution < 1.29 is 4.74 Å². The Morgan fingerprint density at radius 2 is 1.76 bits per heavy atom. The summed E-state index contributed by atoms with van der Waals surface area (Å²) in [5.74, 6) is 1.85. The molecule has 2 fully saturated rings. The zero-order valence-electron chi connectivity index (χ0n) is 11.8. The average Bonchev–Trinajstić information content (AvgIpc) is 2.78. The lowest BCUT2D eigenvalue weighted by atomic mass is 9.70. The molecule has 2 rings (SSSR count). The predicted molar refractivity (Wildman–Crippen MR) is 72.1 cm³/mol. The molecule has 1 N–H and O–H groups in total. The lowest BCUT2D eigenvalue weighted by molar-refractivity contribution is 0.146. The van der Waals surface area contributed by atoms with Gasteiger partial charge in [-0.2, -0.15) is 0 Å². The van der Waals surface area contributed by atoms with Gasteiger partial charge in [0, 0.05) is 12.6 Å². The number of nitrogens with one attached hydrogen (secondary N) is 1. The van der Waals surface area contributed by atoms with E-state index >= 15 is 0 Å². The van der Waals surface area contributed by atoms with Gasteiger partial charge in [0.2, 0.25) is 0 Å². The van der Waals surface area contributed by atoms with Gasteiger partial charge < -0.3 is 10.1 Å². The van der Waals surface area contributed by atoms with Gasteiger partial charge >= 0.3 is 0 Å². The highest BCUT2D eigenvalue weighted by Gasteiger charge is 2.29. The molecule has 2 nitrogen and oxygen atoms in total. The Hall–Kier alpha value is -0.0800. The first-order valence-electron chi connectivity index (χ1n) is 7.37. The van der Waals surface area contributed by atoms with Crippen LogP contribution in [-0.2, 0) is 4.74 Å². The molecule has 1 aliphatic carbocycles. The normalized spacial score (nSPS) is 35.1. The van der Waals surface area contributed by atoms with Gasteiger partial charge in [-0.1, -0.05) is 20.8 Å². The third-order valence-electron chi connectivity index (χ3n) is 4.70. The molecule has 1 saturated heterocycles. The lowest BCUT2D eigenvalue weighted by Crippen LogP contribution is -2.36. The third-order valence-corrected chi connectivity index (χ3v) is 4.70. The molecule has 1 aliphatic heterocycles. The van der Waals surface area contributed by atoms with E-state index in [2.05, 4.69) is 26.1 Å². The van der Waals surface area contributed by atoms with Crippen LogP contribution in [0.4, 0.5) is 0 Å². The first-order chi connectivity index (χ1) is 8.05. The summed E-state index contributed by atoms with van der Waals surface area (Å²) in [6.07, 6.45) is 6.90. The second-order valence-corrected chi connectivity index (χ2v) is 7.05. The predicted octanol–water partition coefficient (Wildman–Crippen LogP) is 3.22. The van der Waals surface area contributed by atoms with Gasteiger partial charge in [-0.25, -0.2) is 0 Å². The van der Waals surface area contributed by atoms with Gasteiger partial charge in [-0.3, -0.25) is 0 Å². The summed E-state index contributed by atoms with van der Waals surface area (Å²) in [5, 5.41) is 3.68. The van der Waals surface area contributed by atoms with Crippen molar-refractivity contribution >= 4 is 0 Å². The Bertz CT molecular complexity index is 220. The summed E-state index contributed by atoms with van der Waals surface area (Å²) >= 11 is 0. The molecule has 1 unspecified atom stereocenters. The van der Waals surface area contributed by atoms with Crippen LogP contribution in [0.2, 0.25) is 0 Å². The maximum absolute atomic E-state index is 5.40. The first kappa shape index (κ1) is 13.4. The molecule has 0 spiro atoms. The highest BCUT2D eigenvalue weighted by Crippen LogP contribution is 2.39. The van der Waals surface area contributed by atoms with Crippen LogP contribution in [-0.4, -0.2) is 25.8 Å². The van der Waals surface area contributed by atoms with Crippen LogP contribution in [0.5, 0.6) is 0 Å². The van der Waals surface area contributed by atoms with Gasteiger partial charge in [-0.15, -0.1) is 0 Å². The second-order valence-electron chi connectivity index (χ2n) is 7.05. The quantitative estimate of drug-likeness (QED) is 0.816. The fourth-order valence-electron chi connectivity index (χ4n) is 3.26. The minimum Gasteiger partial charge on any atom is -0.380 e. The minimum absolute atomic E-state index is 0.512. The van der Waals surface area contributed by atoms with Crippen molar-refractivity contribution in [2.45, 2.75) is 58.9 Å². The van der Waals surface area contributed by atoms with Crippen LogP contribution in [0, 0.1) is 17.3 Å². The molecule has 0 aromatic heterocycles. The molecule has 0 aromatic rings. The molecule has 0 aromatic carbocycles. The molecule has 0 amide bonds. The molecule has 100 valence electrons. The van der Waals surface area contributed by atoms with E-state index in [1.165, 1.54) is 38.6 Å². The number of hydrogen-bond donors (Lipinski definition) is 1. The highest BCUT2D eigenvalue weighted by atomic mass is 16.5. The fraction of sp³-hybridized carbons (Fsp3) is 1.00. The van der Waals surface area contributed by atoms with E-state index in [1.807, 2.05) is 0 Å². The summed E-state index contributed by atoms with van der Waals surface area (Å²) in [7, 11) is 0. The van der Waals surface area contributed by atoms with Gasteiger partial charge in [0.1, 0.15) is 0 Å². The molecule has 2 heteroatoms. The molecule has 1 atom stereocenters. The van der Waals surface area contributed by atoms with Gasteiger partial charge in [-0.05, 0) is 55.9 Å². The topological polar surface area (TPSA) is 21.3 Å². The van der Waals surface area contributed by atoms with Crippen LogP contribution in [0.15, 0.2) is 0 Å². The zero-order valence-corrected chi connectivity index (χ0v) is 11.8. The summed E-state index contributed by atoms with van der Waals surface area (Å²) in [4.78, 5) is 0. The van der Waals surface area contributed by atoms with E-state index in [1.54, 1.807) is 0 Å². The molecule has 1 saturated carbocycles. The fourth-order valence-corrected chi connectivity index (χ4v) is 3.26. The lowest BCUT2D eigenvalue weighted by Gasteiger charge is -2.37. The van der Waals surface area contributed by atoms with E-state index in [4.69, 9.17) is 4.74 Å². The smallest absolute Gasteiger partial charge is 0.0620 e. The maximum Gasteiger partial charge on any atom is 0.0620 e. The Morgan fingerprint density at radius 3 is 2.29 bits per heavy atom. The van der Waals surface area contributed by atoms with E-state index < -0.39 is 0 Å². The summed E-state index contributed by atoms with van der Waals surface area (Å²) in [6.45, 7) is 10.3. The average molecular weight is 239 g/mol. The van der Waals surface area contributed by atoms with Crippen molar-refractivity contribution in [1.82, 2.24) is 5.32 Å². The Balaban J connectivity index is 1.65. The monoisotopic (exact) mass is 239 g/mol. The van der Waals surface area contributed by atoms with Crippen molar-refractivity contribution in [3.8, 4) is 0 Å². The molecule has 0 bridgehead atoms. The Morgan fingerprint density at radius 1 is 1.06 bits per heavy atom. The Labute approximate surface area is 107 Å². The van der Waals surface area contributed by atoms with Crippen LogP contribution in [0.25, 0.3) is 0 Å². The van der Waals surface area contributed by atoms with Crippen LogP contribution >= 0.6 is 0 Å². The summed E-state index contributed by atoms with van der Waals surface area (Å²) < 4.78 is 5.40. The van der Waals surface area contributed by atoms with E-state index in [9.17, 15) is 0 Å². The summed E-state index contributed by atoms with van der Waals surface area (Å²) in [5.41, 5.74) is 0.512. The van der Waals surface area contributed by atoms with E-state index in [0.29, 0.717) is 11.5 Å². The van der Waals surface area contributed by atoms with Crippen LogP contribution in [0.3, 0.4) is 0 Å².